The van der Waals surface area contributed by atoms with Crippen molar-refractivity contribution in [2.45, 2.75) is 45.4 Å². The van der Waals surface area contributed by atoms with Gasteiger partial charge in [-0.25, -0.2) is 0 Å². The Morgan fingerprint density at radius 2 is 1.56 bits per heavy atom. The molecular formula is C27H30F6N2O4. The number of ether oxygens (including phenoxy) is 3. The fourth-order valence-corrected chi connectivity index (χ4v) is 4.65. The molecule has 12 heteroatoms. The van der Waals surface area contributed by atoms with Crippen molar-refractivity contribution in [3.05, 3.63) is 58.7 Å². The van der Waals surface area contributed by atoms with Crippen LogP contribution in [0.1, 0.15) is 36.1 Å². The van der Waals surface area contributed by atoms with Gasteiger partial charge in [-0.3, -0.25) is 9.69 Å². The molecule has 0 saturated carbocycles. The first-order valence-electron chi connectivity index (χ1n) is 12.6. The molecule has 1 amide bonds. The summed E-state index contributed by atoms with van der Waals surface area (Å²) in [6, 6.07) is 6.98. The molecule has 0 radical (unpaired) electrons. The molecule has 2 aromatic carbocycles. The van der Waals surface area contributed by atoms with E-state index in [0.29, 0.717) is 43.4 Å². The van der Waals surface area contributed by atoms with Crippen molar-refractivity contribution in [2.24, 2.45) is 5.92 Å². The Hall–Kier alpha value is -2.99. The third kappa shape index (κ3) is 7.57. The van der Waals surface area contributed by atoms with Crippen molar-refractivity contribution in [3.8, 4) is 11.5 Å². The van der Waals surface area contributed by atoms with Crippen molar-refractivity contribution in [3.63, 3.8) is 0 Å². The zero-order valence-corrected chi connectivity index (χ0v) is 21.6. The third-order valence-corrected chi connectivity index (χ3v) is 6.36. The molecule has 4 rings (SSSR count). The van der Waals surface area contributed by atoms with Gasteiger partial charge in [0.2, 0.25) is 0 Å². The van der Waals surface area contributed by atoms with Crippen LogP contribution in [0.4, 0.5) is 26.3 Å². The molecule has 0 N–H and O–H groups in total. The number of amides is 1. The van der Waals surface area contributed by atoms with Crippen LogP contribution in [0.3, 0.4) is 0 Å². The van der Waals surface area contributed by atoms with Crippen LogP contribution in [0.25, 0.3) is 0 Å². The van der Waals surface area contributed by atoms with Crippen LogP contribution >= 0.6 is 0 Å². The number of halogens is 6. The van der Waals surface area contributed by atoms with Gasteiger partial charge in [-0.05, 0) is 47.4 Å². The fraction of sp³-hybridized carbons (Fsp3) is 0.519. The number of rotatable bonds is 7. The lowest BCUT2D eigenvalue weighted by Crippen LogP contribution is -2.51. The van der Waals surface area contributed by atoms with Gasteiger partial charge in [0, 0.05) is 32.7 Å². The number of hydrogen-bond donors (Lipinski definition) is 0. The number of nitrogens with zero attached hydrogens (tertiary/aromatic N) is 2. The highest BCUT2D eigenvalue weighted by atomic mass is 19.4. The van der Waals surface area contributed by atoms with Crippen LogP contribution in [0.2, 0.25) is 0 Å². The van der Waals surface area contributed by atoms with E-state index in [0.717, 1.165) is 5.56 Å². The quantitative estimate of drug-likeness (QED) is 0.426. The van der Waals surface area contributed by atoms with E-state index >= 15 is 0 Å². The number of hydrogen-bond acceptors (Lipinski definition) is 5. The zero-order chi connectivity index (χ0) is 28.4. The highest BCUT2D eigenvalue weighted by Gasteiger charge is 2.37. The van der Waals surface area contributed by atoms with Crippen molar-refractivity contribution in [1.29, 1.82) is 0 Å². The molecule has 1 saturated heterocycles. The second-order valence-electron chi connectivity index (χ2n) is 10.1. The van der Waals surface area contributed by atoms with Gasteiger partial charge in [0.1, 0.15) is 19.3 Å². The smallest absolute Gasteiger partial charge is 0.416 e. The summed E-state index contributed by atoms with van der Waals surface area (Å²) in [5.74, 6) is 1.05. The lowest BCUT2D eigenvalue weighted by atomic mass is 10.0. The Kier molecular flexibility index (Phi) is 8.65. The second kappa shape index (κ2) is 11.6. The van der Waals surface area contributed by atoms with Crippen molar-refractivity contribution < 1.29 is 45.3 Å². The average Bonchev–Trinajstić information content (AvgIpc) is 2.86. The number of carbonyl (C=O) groups excluding carboxylic acids is 1. The molecule has 0 bridgehead atoms. The van der Waals surface area contributed by atoms with Crippen molar-refractivity contribution in [2.75, 3.05) is 39.5 Å². The molecule has 2 aromatic rings. The van der Waals surface area contributed by atoms with Gasteiger partial charge in [0.25, 0.3) is 5.91 Å². The number of benzene rings is 2. The molecule has 1 atom stereocenters. The first-order chi connectivity index (χ1) is 18.3. The van der Waals surface area contributed by atoms with Gasteiger partial charge in [0.15, 0.2) is 11.5 Å². The minimum absolute atomic E-state index is 0.0339. The van der Waals surface area contributed by atoms with E-state index in [2.05, 4.69) is 0 Å². The maximum atomic E-state index is 13.5. The Balaban J connectivity index is 1.49. The first-order valence-corrected chi connectivity index (χ1v) is 12.6. The summed E-state index contributed by atoms with van der Waals surface area (Å²) in [5, 5.41) is 0. The minimum Gasteiger partial charge on any atom is -0.486 e. The summed E-state index contributed by atoms with van der Waals surface area (Å²) in [6.45, 7) is 5.72. The molecule has 1 fully saturated rings. The Bertz CT molecular complexity index is 1140. The number of carbonyl (C=O) groups is 1. The van der Waals surface area contributed by atoms with Crippen LogP contribution in [-0.2, 0) is 35.0 Å². The van der Waals surface area contributed by atoms with Crippen molar-refractivity contribution in [1.82, 2.24) is 9.80 Å². The molecule has 0 aliphatic carbocycles. The Morgan fingerprint density at radius 1 is 0.923 bits per heavy atom. The van der Waals surface area contributed by atoms with E-state index in [1.807, 2.05) is 26.0 Å². The SMILES string of the molecule is CC(C)CN(Cc1ccc2c(c1)OCCO2)C(=O)C1CN(Cc2cc(C(F)(F)F)cc(C(F)(F)F)c2)CCO1. The maximum Gasteiger partial charge on any atom is 0.416 e. The summed E-state index contributed by atoms with van der Waals surface area (Å²) < 4.78 is 96.6. The number of morpholine rings is 1. The summed E-state index contributed by atoms with van der Waals surface area (Å²) in [4.78, 5) is 16.8. The molecule has 1 unspecified atom stereocenters. The van der Waals surface area contributed by atoms with E-state index < -0.39 is 29.6 Å². The average molecular weight is 561 g/mol. The van der Waals surface area contributed by atoms with E-state index in [9.17, 15) is 31.1 Å². The highest BCUT2D eigenvalue weighted by molar-refractivity contribution is 5.81. The monoisotopic (exact) mass is 560 g/mol. The molecule has 6 nitrogen and oxygen atoms in total. The Labute approximate surface area is 222 Å². The van der Waals surface area contributed by atoms with Gasteiger partial charge in [-0.2, -0.15) is 26.3 Å². The van der Waals surface area contributed by atoms with Crippen LogP contribution in [-0.4, -0.2) is 61.3 Å². The van der Waals surface area contributed by atoms with Crippen LogP contribution in [0.5, 0.6) is 11.5 Å². The van der Waals surface area contributed by atoms with E-state index in [1.54, 1.807) is 15.9 Å². The fourth-order valence-electron chi connectivity index (χ4n) is 4.65. The minimum atomic E-state index is -4.93. The van der Waals surface area contributed by atoms with E-state index in [-0.39, 0.29) is 56.2 Å². The lowest BCUT2D eigenvalue weighted by molar-refractivity contribution is -0.151. The first kappa shape index (κ1) is 29.0. The molecule has 2 heterocycles. The maximum absolute atomic E-state index is 13.5. The van der Waals surface area contributed by atoms with E-state index in [1.165, 1.54) is 0 Å². The molecule has 2 aliphatic rings. The summed E-state index contributed by atoms with van der Waals surface area (Å²) in [5.41, 5.74) is -2.04. The van der Waals surface area contributed by atoms with Gasteiger partial charge >= 0.3 is 12.4 Å². The predicted molar refractivity (Wildman–Crippen MR) is 129 cm³/mol. The van der Waals surface area contributed by atoms with Crippen LogP contribution < -0.4 is 9.47 Å². The standard InChI is InChI=1S/C27H30F6N2O4/c1-17(2)13-35(15-18-3-4-22-23(11-18)39-8-7-38-22)25(36)24-16-34(5-6-37-24)14-19-9-20(26(28,29)30)12-21(10-19)27(31,32)33/h3-4,9-12,17,24H,5-8,13-16H2,1-2H3. The van der Waals surface area contributed by atoms with Crippen molar-refractivity contribution >= 4 is 5.91 Å². The molecule has 0 aromatic heterocycles. The summed E-state index contributed by atoms with van der Waals surface area (Å²) in [6.07, 6.45) is -10.8. The zero-order valence-electron chi connectivity index (χ0n) is 21.6. The summed E-state index contributed by atoms with van der Waals surface area (Å²) in [7, 11) is 0. The Morgan fingerprint density at radius 3 is 2.18 bits per heavy atom. The highest BCUT2D eigenvalue weighted by Crippen LogP contribution is 2.37. The molecule has 39 heavy (non-hydrogen) atoms. The third-order valence-electron chi connectivity index (χ3n) is 6.36. The van der Waals surface area contributed by atoms with Crippen LogP contribution in [0.15, 0.2) is 36.4 Å². The number of fused-ring (bicyclic) bond motifs is 1. The van der Waals surface area contributed by atoms with Gasteiger partial charge in [-0.1, -0.05) is 19.9 Å². The van der Waals surface area contributed by atoms with Gasteiger partial charge in [0.05, 0.1) is 17.7 Å². The van der Waals surface area contributed by atoms with Gasteiger partial charge < -0.3 is 19.1 Å². The topological polar surface area (TPSA) is 51.2 Å². The molecule has 2 aliphatic heterocycles. The largest absolute Gasteiger partial charge is 0.486 e. The normalized spacial score (nSPS) is 18.3. The van der Waals surface area contributed by atoms with E-state index in [4.69, 9.17) is 14.2 Å². The molecule has 0 spiro atoms. The van der Waals surface area contributed by atoms with Crippen LogP contribution in [0, 0.1) is 5.92 Å². The number of alkyl halides is 6. The predicted octanol–water partition coefficient (Wildman–Crippen LogP) is 5.38. The molecular weight excluding hydrogens is 530 g/mol. The van der Waals surface area contributed by atoms with Gasteiger partial charge in [-0.15, -0.1) is 0 Å². The second-order valence-corrected chi connectivity index (χ2v) is 10.1. The molecule has 214 valence electrons. The lowest BCUT2D eigenvalue weighted by Gasteiger charge is -2.36. The summed E-state index contributed by atoms with van der Waals surface area (Å²) >= 11 is 0.